The van der Waals surface area contributed by atoms with E-state index < -0.39 is 0 Å². The zero-order chi connectivity index (χ0) is 21.6. The van der Waals surface area contributed by atoms with Gasteiger partial charge in [-0.05, 0) is 48.4 Å². The van der Waals surface area contributed by atoms with E-state index in [4.69, 9.17) is 4.99 Å². The summed E-state index contributed by atoms with van der Waals surface area (Å²) in [6, 6.07) is 13.2. The number of aryl methyl sites for hydroxylation is 1. The molecule has 0 atom stereocenters. The molecule has 1 aliphatic rings. The average Bonchev–Trinajstić information content (AvgIpc) is 3.51. The van der Waals surface area contributed by atoms with Crippen molar-refractivity contribution in [3.8, 4) is 11.3 Å². The Kier molecular flexibility index (Phi) is 6.58. The van der Waals surface area contributed by atoms with Crippen LogP contribution in [-0.2, 0) is 13.1 Å². The summed E-state index contributed by atoms with van der Waals surface area (Å²) in [6.45, 7) is 1.84. The minimum absolute atomic E-state index is 0.735. The number of hydrogen-bond donors (Lipinski definition) is 0. The van der Waals surface area contributed by atoms with Crippen LogP contribution in [0.3, 0.4) is 0 Å². The first-order valence-corrected chi connectivity index (χ1v) is 12.4. The van der Waals surface area contributed by atoms with Gasteiger partial charge in [0.15, 0.2) is 4.80 Å². The highest BCUT2D eigenvalue weighted by Gasteiger charge is 2.16. The van der Waals surface area contributed by atoms with Crippen LogP contribution in [0.2, 0.25) is 0 Å². The lowest BCUT2D eigenvalue weighted by molar-refractivity contribution is 0.443. The Hall–Kier alpha value is -2.99. The van der Waals surface area contributed by atoms with E-state index in [0.29, 0.717) is 0 Å². The smallest absolute Gasteiger partial charge is 0.190 e. The zero-order valence-corrected chi connectivity index (χ0v) is 19.1. The SMILES string of the molecule is c1cncc(N=c2scc(-c3ccc(C4CCCCC4)cc3)n2CCCn2ccnc2)c1. The summed E-state index contributed by atoms with van der Waals surface area (Å²) in [5.74, 6) is 0.735. The third-order valence-corrected chi connectivity index (χ3v) is 7.17. The van der Waals surface area contributed by atoms with Gasteiger partial charge in [0.05, 0.1) is 23.9 Å². The van der Waals surface area contributed by atoms with Crippen molar-refractivity contribution in [2.75, 3.05) is 0 Å². The number of rotatable bonds is 7. The quantitative estimate of drug-likeness (QED) is 0.342. The standard InChI is InChI=1S/C26H29N5S/c1-2-6-21(7-3-1)22-9-11-23(12-10-22)25-19-32-26(29-24-8-4-13-27-18-24)31(25)16-5-15-30-17-14-28-20-30/h4,8-14,17-21H,1-3,5-7,15-16H2. The molecule has 1 fully saturated rings. The van der Waals surface area contributed by atoms with Crippen LogP contribution in [0.15, 0.2) is 77.9 Å². The van der Waals surface area contributed by atoms with Gasteiger partial charge in [-0.2, -0.15) is 0 Å². The molecule has 32 heavy (non-hydrogen) atoms. The van der Waals surface area contributed by atoms with Crippen molar-refractivity contribution in [1.29, 1.82) is 0 Å². The lowest BCUT2D eigenvalue weighted by Gasteiger charge is -2.22. The maximum absolute atomic E-state index is 4.89. The van der Waals surface area contributed by atoms with Crippen molar-refractivity contribution < 1.29 is 0 Å². The van der Waals surface area contributed by atoms with Crippen LogP contribution in [0, 0.1) is 0 Å². The number of pyridine rings is 1. The van der Waals surface area contributed by atoms with E-state index in [9.17, 15) is 0 Å². The molecular formula is C26H29N5S. The van der Waals surface area contributed by atoms with Gasteiger partial charge in [-0.3, -0.25) is 4.98 Å². The maximum atomic E-state index is 4.89. The Bertz CT molecular complexity index is 1170. The van der Waals surface area contributed by atoms with Gasteiger partial charge in [0, 0.05) is 37.1 Å². The highest BCUT2D eigenvalue weighted by Crippen LogP contribution is 2.33. The summed E-state index contributed by atoms with van der Waals surface area (Å²) in [5, 5.41) is 2.24. The average molecular weight is 444 g/mol. The van der Waals surface area contributed by atoms with Crippen LogP contribution in [0.1, 0.15) is 50.0 Å². The third-order valence-electron chi connectivity index (χ3n) is 6.31. The van der Waals surface area contributed by atoms with Crippen molar-refractivity contribution in [2.24, 2.45) is 4.99 Å². The molecule has 1 aromatic carbocycles. The minimum atomic E-state index is 0.735. The number of thiazole rings is 1. The Morgan fingerprint density at radius 1 is 0.969 bits per heavy atom. The first-order valence-electron chi connectivity index (χ1n) is 11.6. The van der Waals surface area contributed by atoms with Crippen LogP contribution in [-0.4, -0.2) is 19.1 Å². The fourth-order valence-corrected chi connectivity index (χ4v) is 5.54. The van der Waals surface area contributed by atoms with E-state index in [1.54, 1.807) is 17.5 Å². The summed E-state index contributed by atoms with van der Waals surface area (Å²) in [5.41, 5.74) is 4.88. The lowest BCUT2D eigenvalue weighted by atomic mass is 9.84. The lowest BCUT2D eigenvalue weighted by Crippen LogP contribution is -2.17. The molecule has 0 bridgehead atoms. The van der Waals surface area contributed by atoms with Crippen molar-refractivity contribution in [3.05, 3.63) is 83.3 Å². The second-order valence-corrected chi connectivity index (χ2v) is 9.33. The van der Waals surface area contributed by atoms with Gasteiger partial charge in [0.2, 0.25) is 0 Å². The normalized spacial score (nSPS) is 15.3. The van der Waals surface area contributed by atoms with Gasteiger partial charge in [-0.25, -0.2) is 9.98 Å². The van der Waals surface area contributed by atoms with E-state index in [1.165, 1.54) is 48.9 Å². The molecule has 4 aromatic rings. The van der Waals surface area contributed by atoms with Crippen molar-refractivity contribution in [1.82, 2.24) is 19.1 Å². The number of benzene rings is 1. The van der Waals surface area contributed by atoms with Crippen LogP contribution in [0.5, 0.6) is 0 Å². The Morgan fingerprint density at radius 2 is 1.84 bits per heavy atom. The monoisotopic (exact) mass is 443 g/mol. The number of hydrogen-bond acceptors (Lipinski definition) is 4. The highest BCUT2D eigenvalue weighted by molar-refractivity contribution is 7.07. The topological polar surface area (TPSA) is 48.0 Å². The summed E-state index contributed by atoms with van der Waals surface area (Å²) in [6.07, 6.45) is 17.1. The van der Waals surface area contributed by atoms with Crippen molar-refractivity contribution >= 4 is 17.0 Å². The molecule has 0 N–H and O–H groups in total. The van der Waals surface area contributed by atoms with Gasteiger partial charge in [-0.15, -0.1) is 11.3 Å². The molecule has 5 rings (SSSR count). The molecule has 3 aromatic heterocycles. The van der Waals surface area contributed by atoms with Gasteiger partial charge in [-0.1, -0.05) is 43.5 Å². The molecule has 3 heterocycles. The maximum Gasteiger partial charge on any atom is 0.190 e. The molecule has 6 heteroatoms. The summed E-state index contributed by atoms with van der Waals surface area (Å²) in [7, 11) is 0. The Labute approximate surface area is 193 Å². The van der Waals surface area contributed by atoms with E-state index >= 15 is 0 Å². The minimum Gasteiger partial charge on any atom is -0.337 e. The number of nitrogens with zero attached hydrogens (tertiary/aromatic N) is 5. The molecular weight excluding hydrogens is 414 g/mol. The predicted octanol–water partition coefficient (Wildman–Crippen LogP) is 6.18. The van der Waals surface area contributed by atoms with Crippen molar-refractivity contribution in [2.45, 2.75) is 57.5 Å². The van der Waals surface area contributed by atoms with Gasteiger partial charge in [0.1, 0.15) is 0 Å². The number of aromatic nitrogens is 4. The molecule has 1 aliphatic carbocycles. The highest BCUT2D eigenvalue weighted by atomic mass is 32.1. The van der Waals surface area contributed by atoms with E-state index in [0.717, 1.165) is 35.9 Å². The molecule has 0 aliphatic heterocycles. The summed E-state index contributed by atoms with van der Waals surface area (Å²) in [4.78, 5) is 14.3. The third kappa shape index (κ3) is 4.91. The predicted molar refractivity (Wildman–Crippen MR) is 130 cm³/mol. The van der Waals surface area contributed by atoms with Crippen LogP contribution < -0.4 is 4.80 Å². The van der Waals surface area contributed by atoms with Crippen LogP contribution >= 0.6 is 11.3 Å². The second-order valence-electron chi connectivity index (χ2n) is 8.49. The van der Waals surface area contributed by atoms with Gasteiger partial charge >= 0.3 is 0 Å². The number of imidazole rings is 1. The molecule has 0 radical (unpaired) electrons. The molecule has 164 valence electrons. The first kappa shape index (κ1) is 20.9. The van der Waals surface area contributed by atoms with Gasteiger partial charge in [0.25, 0.3) is 0 Å². The van der Waals surface area contributed by atoms with Crippen molar-refractivity contribution in [3.63, 3.8) is 0 Å². The van der Waals surface area contributed by atoms with Gasteiger partial charge < -0.3 is 9.13 Å². The zero-order valence-electron chi connectivity index (χ0n) is 18.3. The molecule has 0 spiro atoms. The summed E-state index contributed by atoms with van der Waals surface area (Å²) >= 11 is 1.70. The van der Waals surface area contributed by atoms with E-state index in [-0.39, 0.29) is 0 Å². The molecule has 5 nitrogen and oxygen atoms in total. The molecule has 0 saturated heterocycles. The molecule has 0 amide bonds. The second kappa shape index (κ2) is 10.1. The summed E-state index contributed by atoms with van der Waals surface area (Å²) < 4.78 is 4.48. The molecule has 1 saturated carbocycles. The Balaban J connectivity index is 1.43. The van der Waals surface area contributed by atoms with Crippen LogP contribution in [0.4, 0.5) is 5.69 Å². The van der Waals surface area contributed by atoms with E-state index in [2.05, 4.69) is 48.7 Å². The molecule has 0 unspecified atom stereocenters. The van der Waals surface area contributed by atoms with E-state index in [1.807, 2.05) is 37.1 Å². The fourth-order valence-electron chi connectivity index (χ4n) is 4.59. The van der Waals surface area contributed by atoms with Crippen LogP contribution in [0.25, 0.3) is 11.3 Å². The largest absolute Gasteiger partial charge is 0.337 e. The first-order chi connectivity index (χ1) is 15.9. The fraction of sp³-hybridized carbons (Fsp3) is 0.346. The Morgan fingerprint density at radius 3 is 2.59 bits per heavy atom.